The largest absolute Gasteiger partial charge is 0.468 e. The Morgan fingerprint density at radius 3 is 2.68 bits per heavy atom. The van der Waals surface area contributed by atoms with E-state index in [-0.39, 0.29) is 17.0 Å². The summed E-state index contributed by atoms with van der Waals surface area (Å²) in [6.45, 7) is 3.44. The van der Waals surface area contributed by atoms with E-state index >= 15 is 0 Å². The first kappa shape index (κ1) is 19.7. The zero-order chi connectivity index (χ0) is 20.5. The minimum atomic E-state index is -3.90. The van der Waals surface area contributed by atoms with Crippen LogP contribution < -0.4 is 10.5 Å². The molecule has 0 aliphatic carbocycles. The van der Waals surface area contributed by atoms with Gasteiger partial charge in [-0.15, -0.1) is 0 Å². The second-order valence-corrected chi connectivity index (χ2v) is 7.91. The SMILES string of the molecule is CCc1cccc(C)c1NS(=O)(=O)c1ccc2c(c1)oc(=O)n2CC(=O)OC. The normalized spacial score (nSPS) is 11.5. The number of carbonyl (C=O) groups is 1. The number of aromatic nitrogens is 1. The summed E-state index contributed by atoms with van der Waals surface area (Å²) in [6.07, 6.45) is 0.670. The molecule has 148 valence electrons. The average molecular weight is 404 g/mol. The maximum Gasteiger partial charge on any atom is 0.420 e. The van der Waals surface area contributed by atoms with E-state index in [1.807, 2.05) is 32.0 Å². The van der Waals surface area contributed by atoms with E-state index in [1.54, 1.807) is 0 Å². The summed E-state index contributed by atoms with van der Waals surface area (Å²) in [7, 11) is -2.69. The second kappa shape index (κ2) is 7.51. The van der Waals surface area contributed by atoms with E-state index in [4.69, 9.17) is 4.42 Å². The van der Waals surface area contributed by atoms with Crippen LogP contribution in [-0.4, -0.2) is 26.1 Å². The van der Waals surface area contributed by atoms with Gasteiger partial charge in [-0.25, -0.2) is 13.2 Å². The molecule has 1 heterocycles. The number of hydrogen-bond donors (Lipinski definition) is 1. The third kappa shape index (κ3) is 3.65. The monoisotopic (exact) mass is 404 g/mol. The van der Waals surface area contributed by atoms with Gasteiger partial charge in [0.15, 0.2) is 5.58 Å². The number of nitrogens with one attached hydrogen (secondary N) is 1. The lowest BCUT2D eigenvalue weighted by Gasteiger charge is -2.14. The maximum atomic E-state index is 12.9. The van der Waals surface area contributed by atoms with Crippen molar-refractivity contribution < 1.29 is 22.4 Å². The Bertz CT molecular complexity index is 1210. The van der Waals surface area contributed by atoms with Crippen LogP contribution in [0.5, 0.6) is 0 Å². The molecule has 8 nitrogen and oxygen atoms in total. The molecule has 0 spiro atoms. The number of ether oxygens (including phenoxy) is 1. The third-order valence-corrected chi connectivity index (χ3v) is 5.79. The first-order valence-electron chi connectivity index (χ1n) is 8.58. The summed E-state index contributed by atoms with van der Waals surface area (Å²) in [4.78, 5) is 23.4. The van der Waals surface area contributed by atoms with Crippen LogP contribution in [0.1, 0.15) is 18.1 Å². The van der Waals surface area contributed by atoms with E-state index in [9.17, 15) is 18.0 Å². The summed E-state index contributed by atoms with van der Waals surface area (Å²) in [5, 5.41) is 0. The van der Waals surface area contributed by atoms with Gasteiger partial charge in [0.1, 0.15) is 6.54 Å². The van der Waals surface area contributed by atoms with Crippen LogP contribution in [0.15, 0.2) is 50.5 Å². The van der Waals surface area contributed by atoms with Gasteiger partial charge in [-0.1, -0.05) is 25.1 Å². The van der Waals surface area contributed by atoms with Gasteiger partial charge in [0.05, 0.1) is 23.2 Å². The molecule has 0 saturated carbocycles. The highest BCUT2D eigenvalue weighted by atomic mass is 32.2. The van der Waals surface area contributed by atoms with Crippen molar-refractivity contribution in [2.75, 3.05) is 11.8 Å². The molecule has 1 N–H and O–H groups in total. The molecule has 0 fully saturated rings. The number of rotatable bonds is 6. The quantitative estimate of drug-likeness (QED) is 0.632. The highest BCUT2D eigenvalue weighted by molar-refractivity contribution is 7.92. The molecular formula is C19H20N2O6S. The molecule has 0 aliphatic heterocycles. The fraction of sp³-hybridized carbons (Fsp3) is 0.263. The van der Waals surface area contributed by atoms with Crippen LogP contribution in [0.3, 0.4) is 0 Å². The van der Waals surface area contributed by atoms with E-state index in [0.717, 1.165) is 15.7 Å². The lowest BCUT2D eigenvalue weighted by molar-refractivity contribution is -0.141. The standard InChI is InChI=1S/C19H20N2O6S/c1-4-13-7-5-6-12(2)18(13)20-28(24,25)14-8-9-15-16(10-14)27-19(23)21(15)11-17(22)26-3/h5-10,20H,4,11H2,1-3H3. The minimum Gasteiger partial charge on any atom is -0.468 e. The fourth-order valence-electron chi connectivity index (χ4n) is 2.92. The summed E-state index contributed by atoms with van der Waals surface area (Å²) in [5.74, 6) is -1.38. The van der Waals surface area contributed by atoms with Crippen LogP contribution >= 0.6 is 0 Å². The van der Waals surface area contributed by atoms with Gasteiger partial charge in [-0.2, -0.15) is 0 Å². The number of aryl methyl sites for hydroxylation is 2. The van der Waals surface area contributed by atoms with Gasteiger partial charge < -0.3 is 9.15 Å². The summed E-state index contributed by atoms with van der Waals surface area (Å²) in [6, 6.07) is 9.60. The number of oxazole rings is 1. The van der Waals surface area contributed by atoms with E-state index in [0.29, 0.717) is 17.6 Å². The van der Waals surface area contributed by atoms with Crippen LogP contribution in [0, 0.1) is 6.92 Å². The molecule has 0 unspecified atom stereocenters. The van der Waals surface area contributed by atoms with Gasteiger partial charge in [0.2, 0.25) is 0 Å². The fourth-order valence-corrected chi connectivity index (χ4v) is 4.11. The molecule has 0 radical (unpaired) electrons. The molecule has 0 atom stereocenters. The van der Waals surface area contributed by atoms with Crippen molar-refractivity contribution in [1.29, 1.82) is 0 Å². The Labute approximate surface area is 161 Å². The first-order chi connectivity index (χ1) is 13.3. The Balaban J connectivity index is 2.02. The average Bonchev–Trinajstić information content (AvgIpc) is 2.97. The van der Waals surface area contributed by atoms with Crippen molar-refractivity contribution in [3.8, 4) is 0 Å². The summed E-state index contributed by atoms with van der Waals surface area (Å²) in [5.41, 5.74) is 2.59. The van der Waals surface area contributed by atoms with Crippen molar-refractivity contribution in [3.63, 3.8) is 0 Å². The van der Waals surface area contributed by atoms with Gasteiger partial charge in [-0.3, -0.25) is 14.1 Å². The van der Waals surface area contributed by atoms with Gasteiger partial charge in [0, 0.05) is 6.07 Å². The third-order valence-electron chi connectivity index (χ3n) is 4.44. The lowest BCUT2D eigenvalue weighted by Crippen LogP contribution is -2.20. The van der Waals surface area contributed by atoms with Gasteiger partial charge >= 0.3 is 11.7 Å². The van der Waals surface area contributed by atoms with E-state index in [2.05, 4.69) is 9.46 Å². The smallest absolute Gasteiger partial charge is 0.420 e. The number of methoxy groups -OCH3 is 1. The molecule has 0 aliphatic rings. The first-order valence-corrected chi connectivity index (χ1v) is 10.1. The van der Waals surface area contributed by atoms with Gasteiger partial charge in [-0.05, 0) is 36.6 Å². The molecule has 28 heavy (non-hydrogen) atoms. The number of para-hydroxylation sites is 1. The zero-order valence-electron chi connectivity index (χ0n) is 15.7. The lowest BCUT2D eigenvalue weighted by atomic mass is 10.1. The zero-order valence-corrected chi connectivity index (χ0v) is 16.5. The topological polar surface area (TPSA) is 108 Å². The van der Waals surface area contributed by atoms with E-state index < -0.39 is 21.7 Å². The molecule has 1 aromatic heterocycles. The number of anilines is 1. The Kier molecular flexibility index (Phi) is 5.28. The molecule has 3 rings (SSSR count). The molecule has 0 amide bonds. The molecule has 2 aromatic carbocycles. The van der Waals surface area contributed by atoms with Crippen molar-refractivity contribution in [2.45, 2.75) is 31.7 Å². The number of sulfonamides is 1. The number of nitrogens with zero attached hydrogens (tertiary/aromatic N) is 1. The Hall–Kier alpha value is -3.07. The molecular weight excluding hydrogens is 384 g/mol. The number of hydrogen-bond acceptors (Lipinski definition) is 6. The summed E-state index contributed by atoms with van der Waals surface area (Å²) >= 11 is 0. The second-order valence-electron chi connectivity index (χ2n) is 6.23. The maximum absolute atomic E-state index is 12.9. The van der Waals surface area contributed by atoms with Gasteiger partial charge in [0.25, 0.3) is 10.0 Å². The minimum absolute atomic E-state index is 0.0516. The predicted molar refractivity (Wildman–Crippen MR) is 104 cm³/mol. The molecule has 0 bridgehead atoms. The van der Waals surface area contributed by atoms with Crippen LogP contribution in [-0.2, 0) is 32.5 Å². The molecule has 3 aromatic rings. The van der Waals surface area contributed by atoms with Crippen LogP contribution in [0.25, 0.3) is 11.1 Å². The van der Waals surface area contributed by atoms with Crippen LogP contribution in [0.4, 0.5) is 5.69 Å². The number of carbonyl (C=O) groups excluding carboxylic acids is 1. The predicted octanol–water partition coefficient (Wildman–Crippen LogP) is 2.44. The number of esters is 1. The molecule has 0 saturated heterocycles. The van der Waals surface area contributed by atoms with Crippen LogP contribution in [0.2, 0.25) is 0 Å². The van der Waals surface area contributed by atoms with Crippen molar-refractivity contribution in [3.05, 3.63) is 58.1 Å². The Morgan fingerprint density at radius 1 is 1.25 bits per heavy atom. The van der Waals surface area contributed by atoms with Crippen molar-refractivity contribution in [1.82, 2.24) is 4.57 Å². The number of fused-ring (bicyclic) bond motifs is 1. The molecule has 9 heteroatoms. The summed E-state index contributed by atoms with van der Waals surface area (Å²) < 4.78 is 39.1. The highest BCUT2D eigenvalue weighted by Gasteiger charge is 2.20. The Morgan fingerprint density at radius 2 is 2.00 bits per heavy atom. The number of benzene rings is 2. The van der Waals surface area contributed by atoms with E-state index in [1.165, 1.54) is 25.3 Å². The van der Waals surface area contributed by atoms with Crippen molar-refractivity contribution >= 4 is 32.8 Å². The van der Waals surface area contributed by atoms with Crippen molar-refractivity contribution in [2.24, 2.45) is 0 Å². The highest BCUT2D eigenvalue weighted by Crippen LogP contribution is 2.26.